The Hall–Kier alpha value is -2.40. The summed E-state index contributed by atoms with van der Waals surface area (Å²) in [4.78, 5) is 16.0. The van der Waals surface area contributed by atoms with E-state index >= 15 is 0 Å². The molecular weight excluding hydrogens is 421 g/mol. The van der Waals surface area contributed by atoms with E-state index in [1.807, 2.05) is 0 Å². The number of rotatable bonds is 7. The van der Waals surface area contributed by atoms with Crippen LogP contribution in [0.4, 0.5) is 13.2 Å². The molecule has 7 nitrogen and oxygen atoms in total. The molecule has 0 aliphatic carbocycles. The zero-order valence-electron chi connectivity index (χ0n) is 16.6. The Bertz CT molecular complexity index is 1010. The molecule has 0 spiro atoms. The molecule has 3 rings (SSSR count). The lowest BCUT2D eigenvalue weighted by Gasteiger charge is -2.23. The van der Waals surface area contributed by atoms with Crippen LogP contribution in [0.2, 0.25) is 0 Å². The van der Waals surface area contributed by atoms with Crippen molar-refractivity contribution in [1.82, 2.24) is 19.2 Å². The van der Waals surface area contributed by atoms with E-state index in [4.69, 9.17) is 0 Å². The van der Waals surface area contributed by atoms with Crippen molar-refractivity contribution in [1.29, 1.82) is 0 Å². The number of nitrogens with one attached hydrogen (secondary N) is 1. The Morgan fingerprint density at radius 3 is 2.50 bits per heavy atom. The Morgan fingerprint density at radius 2 is 1.93 bits per heavy atom. The van der Waals surface area contributed by atoms with E-state index in [0.717, 1.165) is 4.31 Å². The first-order valence-electron chi connectivity index (χ1n) is 9.47. The highest BCUT2D eigenvalue weighted by Gasteiger charge is 2.45. The lowest BCUT2D eigenvalue weighted by atomic mass is 9.94. The highest BCUT2D eigenvalue weighted by atomic mass is 32.2. The van der Waals surface area contributed by atoms with E-state index in [9.17, 15) is 26.4 Å². The minimum atomic E-state index is -3.99. The SMILES string of the molecule is CCCC(F)(F)C(=O)N[C@H]1CN(S(=O)(=O)c2cn(C)cn2)C[C@@H]1c1ccc(F)cc1. The smallest absolute Gasteiger partial charge is 0.324 e. The van der Waals surface area contributed by atoms with Crippen LogP contribution in [0.25, 0.3) is 0 Å². The first kappa shape index (κ1) is 22.3. The first-order chi connectivity index (χ1) is 14.0. The molecule has 1 aliphatic heterocycles. The quantitative estimate of drug-likeness (QED) is 0.710. The summed E-state index contributed by atoms with van der Waals surface area (Å²) >= 11 is 0. The van der Waals surface area contributed by atoms with E-state index in [1.165, 1.54) is 41.4 Å². The van der Waals surface area contributed by atoms with E-state index < -0.39 is 46.1 Å². The number of halogens is 3. The first-order valence-corrected chi connectivity index (χ1v) is 10.9. The molecule has 2 heterocycles. The zero-order valence-corrected chi connectivity index (χ0v) is 17.4. The number of hydrogen-bond acceptors (Lipinski definition) is 4. The second-order valence-corrected chi connectivity index (χ2v) is 9.28. The van der Waals surface area contributed by atoms with Gasteiger partial charge in [-0.3, -0.25) is 4.79 Å². The number of sulfonamides is 1. The summed E-state index contributed by atoms with van der Waals surface area (Å²) in [6.07, 6.45) is 2.18. The highest BCUT2D eigenvalue weighted by Crippen LogP contribution is 2.32. The van der Waals surface area contributed by atoms with Crippen molar-refractivity contribution in [2.24, 2.45) is 7.05 Å². The number of benzene rings is 1. The molecule has 11 heteroatoms. The van der Waals surface area contributed by atoms with Crippen molar-refractivity contribution in [2.75, 3.05) is 13.1 Å². The Kier molecular flexibility index (Phi) is 6.23. The predicted octanol–water partition coefficient (Wildman–Crippen LogP) is 2.27. The molecule has 0 unspecified atom stereocenters. The number of aryl methyl sites for hydroxylation is 1. The molecule has 0 saturated carbocycles. The normalized spacial score (nSPS) is 20.4. The molecule has 1 amide bonds. The van der Waals surface area contributed by atoms with Gasteiger partial charge in [0.2, 0.25) is 0 Å². The molecule has 30 heavy (non-hydrogen) atoms. The van der Waals surface area contributed by atoms with Gasteiger partial charge in [-0.15, -0.1) is 0 Å². The number of imidazole rings is 1. The molecule has 1 saturated heterocycles. The number of nitrogens with zero attached hydrogens (tertiary/aromatic N) is 3. The molecule has 0 radical (unpaired) electrons. The maximum absolute atomic E-state index is 14.0. The van der Waals surface area contributed by atoms with Crippen LogP contribution < -0.4 is 5.32 Å². The summed E-state index contributed by atoms with van der Waals surface area (Å²) in [5, 5.41) is 2.14. The van der Waals surface area contributed by atoms with Crippen LogP contribution in [0.15, 0.2) is 41.8 Å². The maximum Gasteiger partial charge on any atom is 0.324 e. The van der Waals surface area contributed by atoms with Crippen molar-refractivity contribution in [2.45, 2.75) is 42.7 Å². The molecular formula is C19H23F3N4O3S. The molecule has 0 bridgehead atoms. The van der Waals surface area contributed by atoms with Crippen molar-refractivity contribution < 1.29 is 26.4 Å². The second kappa shape index (κ2) is 8.38. The predicted molar refractivity (Wildman–Crippen MR) is 103 cm³/mol. The van der Waals surface area contributed by atoms with Crippen LogP contribution in [0.5, 0.6) is 0 Å². The number of carbonyl (C=O) groups excluding carboxylic acids is 1. The molecule has 2 aromatic rings. The van der Waals surface area contributed by atoms with Gasteiger partial charge in [-0.2, -0.15) is 13.1 Å². The summed E-state index contributed by atoms with van der Waals surface area (Å²) < 4.78 is 69.9. The Labute approximate surface area is 172 Å². The van der Waals surface area contributed by atoms with Crippen LogP contribution in [0, 0.1) is 5.82 Å². The number of amides is 1. The van der Waals surface area contributed by atoms with Crippen LogP contribution in [0.1, 0.15) is 31.2 Å². The Morgan fingerprint density at radius 1 is 1.27 bits per heavy atom. The monoisotopic (exact) mass is 444 g/mol. The van der Waals surface area contributed by atoms with E-state index in [0.29, 0.717) is 5.56 Å². The summed E-state index contributed by atoms with van der Waals surface area (Å²) in [7, 11) is -2.37. The van der Waals surface area contributed by atoms with Gasteiger partial charge in [0.25, 0.3) is 15.9 Å². The molecule has 2 atom stereocenters. The molecule has 1 aromatic heterocycles. The molecule has 1 aromatic carbocycles. The summed E-state index contributed by atoms with van der Waals surface area (Å²) in [5.74, 6) is -6.11. The third-order valence-corrected chi connectivity index (χ3v) is 6.80. The van der Waals surface area contributed by atoms with Gasteiger partial charge in [-0.25, -0.2) is 17.8 Å². The van der Waals surface area contributed by atoms with Crippen LogP contribution in [-0.4, -0.2) is 53.2 Å². The van der Waals surface area contributed by atoms with Gasteiger partial charge in [0.1, 0.15) is 5.82 Å². The largest absolute Gasteiger partial charge is 0.346 e. The van der Waals surface area contributed by atoms with E-state index in [1.54, 1.807) is 14.0 Å². The van der Waals surface area contributed by atoms with Crippen molar-refractivity contribution >= 4 is 15.9 Å². The fraction of sp³-hybridized carbons (Fsp3) is 0.474. The van der Waals surface area contributed by atoms with Gasteiger partial charge >= 0.3 is 5.92 Å². The lowest BCUT2D eigenvalue weighted by Crippen LogP contribution is -2.48. The zero-order chi connectivity index (χ0) is 22.1. The molecule has 1 fully saturated rings. The number of carbonyl (C=O) groups is 1. The standard InChI is InChI=1S/C19H23F3N4O3S/c1-3-8-19(21,22)18(27)24-16-10-26(30(28,29)17-11-25(2)12-23-17)9-15(16)13-4-6-14(20)7-5-13/h4-7,11-12,15-16H,3,8-10H2,1-2H3,(H,24,27)/t15-,16+/m1/s1. The van der Waals surface area contributed by atoms with Crippen molar-refractivity contribution in [3.63, 3.8) is 0 Å². The second-order valence-electron chi connectivity index (χ2n) is 7.39. The highest BCUT2D eigenvalue weighted by molar-refractivity contribution is 7.89. The topological polar surface area (TPSA) is 84.3 Å². The summed E-state index contributed by atoms with van der Waals surface area (Å²) in [6, 6.07) is 4.43. The van der Waals surface area contributed by atoms with Gasteiger partial charge in [0.15, 0.2) is 5.03 Å². The fourth-order valence-electron chi connectivity index (χ4n) is 3.51. The number of hydrogen-bond donors (Lipinski definition) is 1. The van der Waals surface area contributed by atoms with Gasteiger partial charge < -0.3 is 9.88 Å². The van der Waals surface area contributed by atoms with Gasteiger partial charge in [0, 0.05) is 38.7 Å². The number of aromatic nitrogens is 2. The average Bonchev–Trinajstić information content (AvgIpc) is 3.30. The van der Waals surface area contributed by atoms with Crippen molar-refractivity contribution in [3.05, 3.63) is 48.2 Å². The summed E-state index contributed by atoms with van der Waals surface area (Å²) in [6.45, 7) is 1.28. The van der Waals surface area contributed by atoms with Crippen LogP contribution >= 0.6 is 0 Å². The average molecular weight is 444 g/mol. The molecule has 1 aliphatic rings. The minimum Gasteiger partial charge on any atom is -0.346 e. The molecule has 1 N–H and O–H groups in total. The molecule has 164 valence electrons. The van der Waals surface area contributed by atoms with Gasteiger partial charge in [-0.1, -0.05) is 19.1 Å². The minimum absolute atomic E-state index is 0.0607. The van der Waals surface area contributed by atoms with Crippen LogP contribution in [0.3, 0.4) is 0 Å². The summed E-state index contributed by atoms with van der Waals surface area (Å²) in [5.41, 5.74) is 0.541. The number of alkyl halides is 2. The third kappa shape index (κ3) is 4.51. The van der Waals surface area contributed by atoms with E-state index in [-0.39, 0.29) is 24.5 Å². The third-order valence-electron chi connectivity index (χ3n) is 5.08. The Balaban J connectivity index is 1.90. The maximum atomic E-state index is 14.0. The fourth-order valence-corrected chi connectivity index (χ4v) is 4.97. The van der Waals surface area contributed by atoms with E-state index in [2.05, 4.69) is 10.3 Å². The lowest BCUT2D eigenvalue weighted by molar-refractivity contribution is -0.147. The van der Waals surface area contributed by atoms with Gasteiger partial charge in [0.05, 0.1) is 12.4 Å². The van der Waals surface area contributed by atoms with Crippen molar-refractivity contribution in [3.8, 4) is 0 Å². The van der Waals surface area contributed by atoms with Gasteiger partial charge in [-0.05, 0) is 24.1 Å². The van der Waals surface area contributed by atoms with Crippen LogP contribution in [-0.2, 0) is 21.9 Å².